The maximum absolute atomic E-state index is 11.5. The molecule has 0 unspecified atom stereocenters. The summed E-state index contributed by atoms with van der Waals surface area (Å²) in [6, 6.07) is 8.63. The third-order valence-electron chi connectivity index (χ3n) is 2.50. The Balaban J connectivity index is 2.35. The summed E-state index contributed by atoms with van der Waals surface area (Å²) in [6.07, 6.45) is 0. The Kier molecular flexibility index (Phi) is 4.81. The molecular weight excluding hydrogens is 314 g/mol. The maximum atomic E-state index is 11.5. The zero-order valence-corrected chi connectivity index (χ0v) is 12.8. The molecule has 1 heterocycles. The van der Waals surface area contributed by atoms with Gasteiger partial charge in [-0.05, 0) is 24.3 Å². The molecule has 2 rings (SSSR count). The number of methoxy groups -OCH3 is 2. The Morgan fingerprint density at radius 1 is 1.33 bits per heavy atom. The minimum absolute atomic E-state index is 0.0804. The lowest BCUT2D eigenvalue weighted by Crippen LogP contribution is -1.96. The van der Waals surface area contributed by atoms with Crippen molar-refractivity contribution in [3.8, 4) is 5.75 Å². The van der Waals surface area contributed by atoms with Gasteiger partial charge in [0.2, 0.25) is 0 Å². The van der Waals surface area contributed by atoms with Gasteiger partial charge in [-0.1, -0.05) is 29.2 Å². The van der Waals surface area contributed by atoms with Crippen molar-refractivity contribution in [2.45, 2.75) is 9.79 Å². The van der Waals surface area contributed by atoms with Crippen molar-refractivity contribution in [2.75, 3.05) is 14.2 Å². The van der Waals surface area contributed by atoms with E-state index in [4.69, 9.17) is 4.74 Å². The first-order chi connectivity index (χ1) is 10.0. The molecule has 0 bridgehead atoms. The highest BCUT2D eigenvalue weighted by Crippen LogP contribution is 2.41. The van der Waals surface area contributed by atoms with Crippen molar-refractivity contribution in [1.29, 1.82) is 0 Å². The summed E-state index contributed by atoms with van der Waals surface area (Å²) in [4.78, 5) is 23.5. The molecule has 0 aliphatic heterocycles. The van der Waals surface area contributed by atoms with Crippen LogP contribution in [0.4, 0.5) is 5.00 Å². The number of nitrogens with zero attached hydrogens (tertiary/aromatic N) is 1. The lowest BCUT2D eigenvalue weighted by Gasteiger charge is -2.02. The van der Waals surface area contributed by atoms with Crippen LogP contribution in [0.2, 0.25) is 0 Å². The summed E-state index contributed by atoms with van der Waals surface area (Å²) >= 11 is 2.01. The topological polar surface area (TPSA) is 78.7 Å². The predicted molar refractivity (Wildman–Crippen MR) is 79.4 cm³/mol. The molecule has 0 saturated carbocycles. The number of esters is 1. The first-order valence-electron chi connectivity index (χ1n) is 5.73. The number of carbonyl (C=O) groups is 1. The van der Waals surface area contributed by atoms with Crippen molar-refractivity contribution >= 4 is 34.1 Å². The van der Waals surface area contributed by atoms with E-state index in [1.165, 1.54) is 24.9 Å². The number of nitro groups is 1. The summed E-state index contributed by atoms with van der Waals surface area (Å²) in [5.74, 6) is 0.0756. The Labute approximate surface area is 128 Å². The Morgan fingerprint density at radius 2 is 2.10 bits per heavy atom. The van der Waals surface area contributed by atoms with Crippen LogP contribution in [0.15, 0.2) is 40.1 Å². The largest absolute Gasteiger partial charge is 0.497 e. The van der Waals surface area contributed by atoms with Gasteiger partial charge in [0.25, 0.3) is 0 Å². The molecular formula is C13H11NO5S2. The summed E-state index contributed by atoms with van der Waals surface area (Å²) < 4.78 is 9.70. The van der Waals surface area contributed by atoms with Crippen LogP contribution in [0.25, 0.3) is 0 Å². The highest BCUT2D eigenvalue weighted by atomic mass is 32.2. The fourth-order valence-electron chi connectivity index (χ4n) is 1.56. The van der Waals surface area contributed by atoms with Crippen LogP contribution in [0.5, 0.6) is 5.75 Å². The third kappa shape index (κ3) is 3.53. The molecule has 1 aromatic heterocycles. The molecule has 0 amide bonds. The van der Waals surface area contributed by atoms with Gasteiger partial charge in [0.1, 0.15) is 15.5 Å². The number of benzene rings is 1. The minimum atomic E-state index is -0.583. The van der Waals surface area contributed by atoms with Gasteiger partial charge in [0.05, 0.1) is 19.1 Å². The molecule has 110 valence electrons. The van der Waals surface area contributed by atoms with Crippen LogP contribution in [0.1, 0.15) is 9.67 Å². The Hall–Kier alpha value is -2.06. The van der Waals surface area contributed by atoms with Crippen molar-refractivity contribution in [1.82, 2.24) is 0 Å². The summed E-state index contributed by atoms with van der Waals surface area (Å²) in [5.41, 5.74) is 0. The molecule has 21 heavy (non-hydrogen) atoms. The second-order valence-electron chi connectivity index (χ2n) is 3.81. The van der Waals surface area contributed by atoms with E-state index < -0.39 is 10.9 Å². The van der Waals surface area contributed by atoms with E-state index in [2.05, 4.69) is 4.74 Å². The second-order valence-corrected chi connectivity index (χ2v) is 5.96. The van der Waals surface area contributed by atoms with Crippen LogP contribution >= 0.6 is 23.1 Å². The molecule has 0 aliphatic carbocycles. The van der Waals surface area contributed by atoms with Gasteiger partial charge in [-0.15, -0.1) is 0 Å². The lowest BCUT2D eigenvalue weighted by atomic mass is 10.3. The number of rotatable bonds is 5. The number of carbonyl (C=O) groups excluding carboxylic acids is 1. The van der Waals surface area contributed by atoms with E-state index in [9.17, 15) is 14.9 Å². The van der Waals surface area contributed by atoms with E-state index in [-0.39, 0.29) is 9.88 Å². The fourth-order valence-corrected chi connectivity index (χ4v) is 3.58. The molecule has 0 N–H and O–H groups in total. The average molecular weight is 325 g/mol. The van der Waals surface area contributed by atoms with Crippen LogP contribution in [0, 0.1) is 10.1 Å². The van der Waals surface area contributed by atoms with Gasteiger partial charge in [-0.2, -0.15) is 0 Å². The van der Waals surface area contributed by atoms with Gasteiger partial charge in [0.15, 0.2) is 0 Å². The van der Waals surface area contributed by atoms with Gasteiger partial charge in [-0.3, -0.25) is 10.1 Å². The zero-order chi connectivity index (χ0) is 15.4. The molecule has 2 aromatic rings. The normalized spacial score (nSPS) is 10.2. The first kappa shape index (κ1) is 15.3. The van der Waals surface area contributed by atoms with E-state index in [0.717, 1.165) is 16.2 Å². The van der Waals surface area contributed by atoms with Gasteiger partial charge < -0.3 is 9.47 Å². The Bertz CT molecular complexity index is 683. The van der Waals surface area contributed by atoms with Gasteiger partial charge in [-0.25, -0.2) is 4.79 Å². The number of hydrogen-bond donors (Lipinski definition) is 0. The van der Waals surface area contributed by atoms with Crippen molar-refractivity contribution < 1.29 is 19.2 Å². The average Bonchev–Trinajstić information content (AvgIpc) is 2.90. The molecule has 0 fully saturated rings. The van der Waals surface area contributed by atoms with E-state index in [1.54, 1.807) is 25.3 Å². The summed E-state index contributed by atoms with van der Waals surface area (Å²) in [6.45, 7) is 0. The number of thiophene rings is 1. The highest BCUT2D eigenvalue weighted by Gasteiger charge is 2.23. The van der Waals surface area contributed by atoms with Crippen molar-refractivity contribution in [3.63, 3.8) is 0 Å². The maximum Gasteiger partial charge on any atom is 0.348 e. The predicted octanol–water partition coefficient (Wildman–Crippen LogP) is 3.60. The van der Waals surface area contributed by atoms with Crippen LogP contribution in [0.3, 0.4) is 0 Å². The van der Waals surface area contributed by atoms with E-state index in [1.807, 2.05) is 6.07 Å². The molecule has 1 aromatic carbocycles. The monoisotopic (exact) mass is 325 g/mol. The second kappa shape index (κ2) is 6.59. The van der Waals surface area contributed by atoms with E-state index in [0.29, 0.717) is 10.6 Å². The van der Waals surface area contributed by atoms with Crippen LogP contribution in [-0.4, -0.2) is 25.1 Å². The smallest absolute Gasteiger partial charge is 0.348 e. The Morgan fingerprint density at radius 3 is 2.71 bits per heavy atom. The molecule has 6 nitrogen and oxygen atoms in total. The van der Waals surface area contributed by atoms with Crippen LogP contribution < -0.4 is 4.74 Å². The van der Waals surface area contributed by atoms with Gasteiger partial charge in [0, 0.05) is 4.90 Å². The molecule has 0 aliphatic rings. The summed E-state index contributed by atoms with van der Waals surface area (Å²) in [5, 5.41) is 11.0. The number of hydrogen-bond acceptors (Lipinski definition) is 7. The van der Waals surface area contributed by atoms with Crippen LogP contribution in [-0.2, 0) is 4.74 Å². The zero-order valence-electron chi connectivity index (χ0n) is 11.2. The van der Waals surface area contributed by atoms with E-state index >= 15 is 0 Å². The first-order valence-corrected chi connectivity index (χ1v) is 7.37. The molecule has 0 atom stereocenters. The SMILES string of the molecule is COC(=O)c1cc(Sc2cccc(OC)c2)c([N+](=O)[O-])s1. The number of ether oxygens (including phenoxy) is 2. The van der Waals surface area contributed by atoms with Crippen molar-refractivity contribution in [2.24, 2.45) is 0 Å². The fraction of sp³-hybridized carbons (Fsp3) is 0.154. The lowest BCUT2D eigenvalue weighted by molar-refractivity contribution is -0.382. The molecule has 0 radical (unpaired) electrons. The van der Waals surface area contributed by atoms with Gasteiger partial charge >= 0.3 is 11.0 Å². The van der Waals surface area contributed by atoms with Crippen molar-refractivity contribution in [3.05, 3.63) is 45.3 Å². The quantitative estimate of drug-likeness (QED) is 0.475. The molecule has 0 spiro atoms. The standard InChI is InChI=1S/C13H11NO5S2/c1-18-8-4-3-5-9(6-8)20-10-7-11(13(15)19-2)21-12(10)14(16)17/h3-7H,1-2H3. The summed E-state index contributed by atoms with van der Waals surface area (Å²) in [7, 11) is 2.79. The highest BCUT2D eigenvalue weighted by molar-refractivity contribution is 7.99. The minimum Gasteiger partial charge on any atom is -0.497 e. The molecule has 8 heteroatoms. The molecule has 0 saturated heterocycles. The third-order valence-corrected chi connectivity index (χ3v) is 4.72.